The molecule has 32 heavy (non-hydrogen) atoms. The maximum absolute atomic E-state index is 10.8. The average molecular weight is 431 g/mol. The van der Waals surface area contributed by atoms with Gasteiger partial charge in [-0.1, -0.05) is 29.4 Å². The highest BCUT2D eigenvalue weighted by Crippen LogP contribution is 2.28. The minimum atomic E-state index is -0.535. The molecule has 0 aliphatic rings. The van der Waals surface area contributed by atoms with Gasteiger partial charge in [0, 0.05) is 11.1 Å². The van der Waals surface area contributed by atoms with Crippen molar-refractivity contribution in [2.45, 2.75) is 6.61 Å². The molecule has 1 heterocycles. The summed E-state index contributed by atoms with van der Waals surface area (Å²) in [6.07, 6.45) is 0. The number of hydrogen-bond donors (Lipinski definition) is 1. The Kier molecular flexibility index (Phi) is 6.31. The lowest BCUT2D eigenvalue weighted by Crippen LogP contribution is -2.19. The lowest BCUT2D eigenvalue weighted by Gasteiger charge is -2.10. The molecule has 0 radical (unpaired) electrons. The fraction of sp³-hybridized carbons (Fsp3) is 0.125. The quantitative estimate of drug-likeness (QED) is 0.428. The summed E-state index contributed by atoms with van der Waals surface area (Å²) in [4.78, 5) is 15.3. The summed E-state index contributed by atoms with van der Waals surface area (Å²) < 4.78 is 21.9. The van der Waals surface area contributed by atoms with Gasteiger partial charge in [-0.2, -0.15) is 4.98 Å². The van der Waals surface area contributed by atoms with Crippen LogP contribution in [0.5, 0.6) is 17.2 Å². The van der Waals surface area contributed by atoms with Crippen LogP contribution in [0.2, 0.25) is 0 Å². The van der Waals surface area contributed by atoms with E-state index >= 15 is 0 Å². The minimum Gasteiger partial charge on any atom is -0.493 e. The van der Waals surface area contributed by atoms with Gasteiger partial charge in [0.15, 0.2) is 18.1 Å². The summed E-state index contributed by atoms with van der Waals surface area (Å²) in [7, 11) is 1.61. The van der Waals surface area contributed by atoms with Crippen molar-refractivity contribution in [3.8, 4) is 40.1 Å². The Morgan fingerprint density at radius 1 is 0.938 bits per heavy atom. The molecular formula is C24H21N3O5. The van der Waals surface area contributed by atoms with Gasteiger partial charge in [0.05, 0.1) is 7.11 Å². The molecule has 0 aliphatic heterocycles. The summed E-state index contributed by atoms with van der Waals surface area (Å²) >= 11 is 0. The predicted octanol–water partition coefficient (Wildman–Crippen LogP) is 3.86. The molecule has 8 nitrogen and oxygen atoms in total. The van der Waals surface area contributed by atoms with Crippen LogP contribution in [0.25, 0.3) is 22.8 Å². The second-order valence-corrected chi connectivity index (χ2v) is 6.84. The molecule has 4 rings (SSSR count). The van der Waals surface area contributed by atoms with Crippen molar-refractivity contribution in [3.05, 3.63) is 78.4 Å². The zero-order valence-electron chi connectivity index (χ0n) is 17.4. The van der Waals surface area contributed by atoms with Gasteiger partial charge < -0.3 is 24.5 Å². The molecule has 0 saturated heterocycles. The highest BCUT2D eigenvalue weighted by molar-refractivity contribution is 5.75. The predicted molar refractivity (Wildman–Crippen MR) is 117 cm³/mol. The maximum Gasteiger partial charge on any atom is 0.258 e. The Balaban J connectivity index is 1.45. The van der Waals surface area contributed by atoms with E-state index in [2.05, 4.69) is 10.1 Å². The van der Waals surface area contributed by atoms with E-state index in [0.717, 1.165) is 16.7 Å². The Morgan fingerprint density at radius 3 is 2.47 bits per heavy atom. The number of nitrogens with zero attached hydrogens (tertiary/aromatic N) is 2. The van der Waals surface area contributed by atoms with Crippen molar-refractivity contribution in [1.29, 1.82) is 0 Å². The lowest BCUT2D eigenvalue weighted by molar-refractivity contribution is -0.119. The smallest absolute Gasteiger partial charge is 0.258 e. The van der Waals surface area contributed by atoms with E-state index in [-0.39, 0.29) is 6.61 Å². The van der Waals surface area contributed by atoms with Gasteiger partial charge in [-0.25, -0.2) is 0 Å². The van der Waals surface area contributed by atoms with E-state index in [1.807, 2.05) is 48.5 Å². The normalized spacial score (nSPS) is 10.5. The molecule has 1 aromatic heterocycles. The Bertz CT molecular complexity index is 1200. The molecule has 162 valence electrons. The van der Waals surface area contributed by atoms with E-state index in [0.29, 0.717) is 35.6 Å². The molecule has 8 heteroatoms. The standard InChI is InChI=1S/C24H21N3O5/c1-29-20-7-2-3-8-21(20)31-14-16-5-4-6-18(13-16)24-26-23(27-32-24)17-9-11-19(12-10-17)30-15-22(25)28/h2-13H,14-15H2,1H3,(H2,25,28). The number of para-hydroxylation sites is 2. The second kappa shape index (κ2) is 9.65. The third kappa shape index (κ3) is 5.04. The molecule has 0 unspecified atom stereocenters. The summed E-state index contributed by atoms with van der Waals surface area (Å²) in [6.45, 7) is 0.185. The van der Waals surface area contributed by atoms with Crippen molar-refractivity contribution in [2.24, 2.45) is 5.73 Å². The molecule has 0 aliphatic carbocycles. The zero-order valence-corrected chi connectivity index (χ0v) is 17.4. The van der Waals surface area contributed by atoms with Gasteiger partial charge in [0.1, 0.15) is 12.4 Å². The fourth-order valence-electron chi connectivity index (χ4n) is 3.01. The number of nitrogens with two attached hydrogens (primary N) is 1. The number of primary amides is 1. The first-order chi connectivity index (χ1) is 15.6. The van der Waals surface area contributed by atoms with E-state index in [1.165, 1.54) is 0 Å². The number of amides is 1. The molecule has 1 amide bonds. The van der Waals surface area contributed by atoms with Gasteiger partial charge >= 0.3 is 0 Å². The molecular weight excluding hydrogens is 410 g/mol. The van der Waals surface area contributed by atoms with E-state index in [4.69, 9.17) is 24.5 Å². The fourth-order valence-corrected chi connectivity index (χ4v) is 3.01. The minimum absolute atomic E-state index is 0.178. The average Bonchev–Trinajstić information content (AvgIpc) is 3.32. The van der Waals surface area contributed by atoms with E-state index < -0.39 is 5.91 Å². The molecule has 3 aromatic carbocycles. The summed E-state index contributed by atoms with van der Waals surface area (Å²) in [5.74, 6) is 2.18. The molecule has 0 fully saturated rings. The number of carbonyl (C=O) groups is 1. The Morgan fingerprint density at radius 2 is 1.72 bits per heavy atom. The van der Waals surface area contributed by atoms with Gasteiger partial charge in [-0.3, -0.25) is 4.79 Å². The van der Waals surface area contributed by atoms with Gasteiger partial charge in [-0.05, 0) is 54.1 Å². The number of benzene rings is 3. The van der Waals surface area contributed by atoms with Gasteiger partial charge in [-0.15, -0.1) is 0 Å². The van der Waals surface area contributed by atoms with Gasteiger partial charge in [0.25, 0.3) is 11.8 Å². The molecule has 0 spiro atoms. The molecule has 4 aromatic rings. The number of rotatable bonds is 9. The van der Waals surface area contributed by atoms with Crippen LogP contribution in [-0.4, -0.2) is 29.8 Å². The second-order valence-electron chi connectivity index (χ2n) is 6.84. The third-order valence-corrected chi connectivity index (χ3v) is 4.56. The summed E-state index contributed by atoms with van der Waals surface area (Å²) in [5.41, 5.74) is 7.57. The van der Waals surface area contributed by atoms with Crippen LogP contribution in [0.1, 0.15) is 5.56 Å². The van der Waals surface area contributed by atoms with Crippen LogP contribution in [0.4, 0.5) is 0 Å². The van der Waals surface area contributed by atoms with Crippen LogP contribution in [-0.2, 0) is 11.4 Å². The third-order valence-electron chi connectivity index (χ3n) is 4.56. The maximum atomic E-state index is 10.8. The highest BCUT2D eigenvalue weighted by Gasteiger charge is 2.12. The van der Waals surface area contributed by atoms with E-state index in [9.17, 15) is 4.79 Å². The van der Waals surface area contributed by atoms with E-state index in [1.54, 1.807) is 31.4 Å². The van der Waals surface area contributed by atoms with Crippen molar-refractivity contribution in [3.63, 3.8) is 0 Å². The first kappa shape index (κ1) is 20.9. The van der Waals surface area contributed by atoms with Crippen LogP contribution in [0.3, 0.4) is 0 Å². The van der Waals surface area contributed by atoms with Crippen molar-refractivity contribution in [1.82, 2.24) is 10.1 Å². The van der Waals surface area contributed by atoms with Crippen molar-refractivity contribution >= 4 is 5.91 Å². The van der Waals surface area contributed by atoms with Crippen LogP contribution >= 0.6 is 0 Å². The SMILES string of the molecule is COc1ccccc1OCc1cccc(-c2nc(-c3ccc(OCC(N)=O)cc3)no2)c1. The largest absolute Gasteiger partial charge is 0.493 e. The number of carbonyl (C=O) groups excluding carboxylic acids is 1. The monoisotopic (exact) mass is 431 g/mol. The zero-order chi connectivity index (χ0) is 22.3. The number of aromatic nitrogens is 2. The molecule has 2 N–H and O–H groups in total. The van der Waals surface area contributed by atoms with Crippen molar-refractivity contribution in [2.75, 3.05) is 13.7 Å². The molecule has 0 saturated carbocycles. The lowest BCUT2D eigenvalue weighted by atomic mass is 10.1. The van der Waals surface area contributed by atoms with Gasteiger partial charge in [0.2, 0.25) is 5.82 Å². The molecule has 0 atom stereocenters. The number of hydrogen-bond acceptors (Lipinski definition) is 7. The first-order valence-corrected chi connectivity index (χ1v) is 9.83. The Labute approximate surface area is 184 Å². The first-order valence-electron chi connectivity index (χ1n) is 9.83. The summed E-state index contributed by atoms with van der Waals surface area (Å²) in [6, 6.07) is 22.2. The number of methoxy groups -OCH3 is 1. The molecule has 0 bridgehead atoms. The van der Waals surface area contributed by atoms with Crippen LogP contribution < -0.4 is 19.9 Å². The summed E-state index contributed by atoms with van der Waals surface area (Å²) in [5, 5.41) is 4.06. The Hall–Kier alpha value is -4.33. The number of ether oxygens (including phenoxy) is 3. The van der Waals surface area contributed by atoms with Crippen molar-refractivity contribution < 1.29 is 23.5 Å². The highest BCUT2D eigenvalue weighted by atomic mass is 16.5. The topological polar surface area (TPSA) is 110 Å². The van der Waals surface area contributed by atoms with Crippen LogP contribution in [0, 0.1) is 0 Å². The van der Waals surface area contributed by atoms with Crippen LogP contribution in [0.15, 0.2) is 77.3 Å².